The Kier molecular flexibility index (Phi) is 3.65. The number of carbonyl (C=O) groups excluding carboxylic acids is 1. The standard InChI is InChI=1S/C10H12O5/c1-6(2)7-3-4-8(10(11)15-13)9(5-7)14-12/h3-6,12-13H,1-2H3. The Morgan fingerprint density at radius 2 is 2.00 bits per heavy atom. The smallest absolute Gasteiger partial charge is 0.339 e. The van der Waals surface area contributed by atoms with Gasteiger partial charge in [-0.3, -0.25) is 4.89 Å². The van der Waals surface area contributed by atoms with E-state index < -0.39 is 5.97 Å². The zero-order chi connectivity index (χ0) is 11.4. The van der Waals surface area contributed by atoms with E-state index in [0.717, 1.165) is 5.56 Å². The predicted octanol–water partition coefficient (Wildman–Crippen LogP) is 2.29. The van der Waals surface area contributed by atoms with Gasteiger partial charge < -0.3 is 4.89 Å². The van der Waals surface area contributed by atoms with Crippen molar-refractivity contribution in [3.8, 4) is 5.75 Å². The van der Waals surface area contributed by atoms with Gasteiger partial charge in [0.05, 0.1) is 0 Å². The monoisotopic (exact) mass is 212 g/mol. The summed E-state index contributed by atoms with van der Waals surface area (Å²) in [5.74, 6) is -0.785. The molecule has 15 heavy (non-hydrogen) atoms. The largest absolute Gasteiger partial charge is 0.376 e. The highest BCUT2D eigenvalue weighted by Gasteiger charge is 2.16. The minimum Gasteiger partial charge on any atom is -0.339 e. The van der Waals surface area contributed by atoms with E-state index in [1.807, 2.05) is 13.8 Å². The van der Waals surface area contributed by atoms with Crippen molar-refractivity contribution in [2.24, 2.45) is 0 Å². The van der Waals surface area contributed by atoms with E-state index in [2.05, 4.69) is 9.78 Å². The summed E-state index contributed by atoms with van der Waals surface area (Å²) >= 11 is 0. The summed E-state index contributed by atoms with van der Waals surface area (Å²) in [6.45, 7) is 3.92. The number of rotatable bonds is 3. The first-order valence-corrected chi connectivity index (χ1v) is 4.41. The molecule has 0 aliphatic rings. The summed E-state index contributed by atoms with van der Waals surface area (Å²) < 4.78 is 0. The highest BCUT2D eigenvalue weighted by molar-refractivity contribution is 5.92. The maximum Gasteiger partial charge on any atom is 0.376 e. The van der Waals surface area contributed by atoms with Crippen LogP contribution in [0.5, 0.6) is 5.75 Å². The lowest BCUT2D eigenvalue weighted by Gasteiger charge is -2.08. The van der Waals surface area contributed by atoms with Gasteiger partial charge in [0.15, 0.2) is 5.75 Å². The van der Waals surface area contributed by atoms with Crippen LogP contribution in [0.25, 0.3) is 0 Å². The summed E-state index contributed by atoms with van der Waals surface area (Å²) in [5, 5.41) is 16.8. The fraction of sp³-hybridized carbons (Fsp3) is 0.300. The summed E-state index contributed by atoms with van der Waals surface area (Å²) in [7, 11) is 0. The molecule has 1 aromatic carbocycles. The van der Waals surface area contributed by atoms with Crippen molar-refractivity contribution in [3.63, 3.8) is 0 Å². The Morgan fingerprint density at radius 3 is 2.47 bits per heavy atom. The van der Waals surface area contributed by atoms with E-state index in [4.69, 9.17) is 10.5 Å². The third-order valence-electron chi connectivity index (χ3n) is 2.07. The normalized spacial score (nSPS) is 10.2. The lowest BCUT2D eigenvalue weighted by Crippen LogP contribution is -2.05. The molecule has 0 atom stereocenters. The third kappa shape index (κ3) is 2.45. The second-order valence-corrected chi connectivity index (χ2v) is 3.38. The van der Waals surface area contributed by atoms with Crippen LogP contribution in [0.2, 0.25) is 0 Å². The summed E-state index contributed by atoms with van der Waals surface area (Å²) in [6, 6.07) is 4.62. The van der Waals surface area contributed by atoms with Crippen LogP contribution in [-0.2, 0) is 4.89 Å². The maximum absolute atomic E-state index is 11.0. The van der Waals surface area contributed by atoms with Crippen molar-refractivity contribution >= 4 is 5.97 Å². The molecular formula is C10H12O5. The van der Waals surface area contributed by atoms with Gasteiger partial charge in [-0.1, -0.05) is 19.9 Å². The first-order chi connectivity index (χ1) is 7.10. The number of carbonyl (C=O) groups is 1. The van der Waals surface area contributed by atoms with Gasteiger partial charge in [-0.2, -0.15) is 5.26 Å². The van der Waals surface area contributed by atoms with Gasteiger partial charge in [0.1, 0.15) is 5.56 Å². The Bertz CT molecular complexity index is 359. The number of hydrogen-bond acceptors (Lipinski definition) is 5. The van der Waals surface area contributed by atoms with Crippen LogP contribution in [0, 0.1) is 0 Å². The minimum absolute atomic E-state index is 0.0376. The molecule has 0 saturated heterocycles. The van der Waals surface area contributed by atoms with E-state index in [1.54, 1.807) is 6.07 Å². The van der Waals surface area contributed by atoms with Crippen LogP contribution in [0.4, 0.5) is 0 Å². The zero-order valence-electron chi connectivity index (χ0n) is 8.43. The zero-order valence-corrected chi connectivity index (χ0v) is 8.43. The van der Waals surface area contributed by atoms with Gasteiger partial charge in [-0.15, -0.1) is 0 Å². The quantitative estimate of drug-likeness (QED) is 0.593. The fourth-order valence-corrected chi connectivity index (χ4v) is 1.19. The highest BCUT2D eigenvalue weighted by Crippen LogP contribution is 2.24. The Hall–Kier alpha value is -1.59. The molecule has 0 fully saturated rings. The van der Waals surface area contributed by atoms with E-state index in [-0.39, 0.29) is 17.2 Å². The highest BCUT2D eigenvalue weighted by atomic mass is 17.1. The van der Waals surface area contributed by atoms with Crippen molar-refractivity contribution in [1.82, 2.24) is 0 Å². The molecule has 0 aliphatic heterocycles. The predicted molar refractivity (Wildman–Crippen MR) is 51.8 cm³/mol. The first kappa shape index (κ1) is 11.5. The molecule has 82 valence electrons. The van der Waals surface area contributed by atoms with Crippen LogP contribution in [0.1, 0.15) is 35.7 Å². The van der Waals surface area contributed by atoms with Gasteiger partial charge in [0, 0.05) is 0 Å². The van der Waals surface area contributed by atoms with Gasteiger partial charge in [-0.05, 0) is 23.6 Å². The van der Waals surface area contributed by atoms with Crippen molar-refractivity contribution in [1.29, 1.82) is 0 Å². The topological polar surface area (TPSA) is 76.0 Å². The van der Waals surface area contributed by atoms with E-state index in [1.165, 1.54) is 12.1 Å². The van der Waals surface area contributed by atoms with Crippen LogP contribution in [-0.4, -0.2) is 16.5 Å². The Labute approximate surface area is 86.7 Å². The molecule has 5 nitrogen and oxygen atoms in total. The van der Waals surface area contributed by atoms with Crippen molar-refractivity contribution in [2.45, 2.75) is 19.8 Å². The Balaban J connectivity index is 3.15. The average Bonchev–Trinajstić information content (AvgIpc) is 2.27. The lowest BCUT2D eigenvalue weighted by molar-refractivity contribution is -0.184. The van der Waals surface area contributed by atoms with Crippen molar-refractivity contribution in [2.75, 3.05) is 0 Å². The molecule has 0 radical (unpaired) electrons. The molecule has 0 bridgehead atoms. The summed E-state index contributed by atoms with van der Waals surface area (Å²) in [4.78, 5) is 18.6. The molecule has 0 saturated carbocycles. The van der Waals surface area contributed by atoms with Gasteiger partial charge >= 0.3 is 5.97 Å². The average molecular weight is 212 g/mol. The molecule has 1 aromatic rings. The first-order valence-electron chi connectivity index (χ1n) is 4.41. The van der Waals surface area contributed by atoms with Gasteiger partial charge in [0.25, 0.3) is 0 Å². The maximum atomic E-state index is 11.0. The molecular weight excluding hydrogens is 200 g/mol. The fourth-order valence-electron chi connectivity index (χ4n) is 1.19. The molecule has 0 amide bonds. The van der Waals surface area contributed by atoms with E-state index >= 15 is 0 Å². The van der Waals surface area contributed by atoms with Crippen LogP contribution < -0.4 is 4.89 Å². The van der Waals surface area contributed by atoms with Crippen molar-refractivity contribution < 1.29 is 25.1 Å². The minimum atomic E-state index is -0.977. The lowest BCUT2D eigenvalue weighted by atomic mass is 10.0. The van der Waals surface area contributed by atoms with Gasteiger partial charge in [0.2, 0.25) is 0 Å². The Morgan fingerprint density at radius 1 is 1.33 bits per heavy atom. The molecule has 5 heteroatoms. The number of benzene rings is 1. The molecule has 0 aliphatic carbocycles. The third-order valence-corrected chi connectivity index (χ3v) is 2.07. The van der Waals surface area contributed by atoms with E-state index in [0.29, 0.717) is 0 Å². The van der Waals surface area contributed by atoms with Gasteiger partial charge in [-0.25, -0.2) is 10.1 Å². The molecule has 0 unspecified atom stereocenters. The van der Waals surface area contributed by atoms with Crippen LogP contribution in [0.15, 0.2) is 18.2 Å². The van der Waals surface area contributed by atoms with E-state index in [9.17, 15) is 4.79 Å². The molecule has 0 aromatic heterocycles. The molecule has 2 N–H and O–H groups in total. The molecule has 1 rings (SSSR count). The second kappa shape index (κ2) is 4.77. The number of hydrogen-bond donors (Lipinski definition) is 2. The van der Waals surface area contributed by atoms with Crippen molar-refractivity contribution in [3.05, 3.63) is 29.3 Å². The molecule has 0 heterocycles. The summed E-state index contributed by atoms with van der Waals surface area (Å²) in [5.41, 5.74) is 0.859. The summed E-state index contributed by atoms with van der Waals surface area (Å²) in [6.07, 6.45) is 0. The SMILES string of the molecule is CC(C)c1ccc(C(=O)OO)c(OO)c1. The second-order valence-electron chi connectivity index (χ2n) is 3.38. The molecule has 0 spiro atoms. The van der Waals surface area contributed by atoms with Crippen LogP contribution >= 0.6 is 0 Å². The van der Waals surface area contributed by atoms with Crippen LogP contribution in [0.3, 0.4) is 0 Å².